The van der Waals surface area contributed by atoms with Gasteiger partial charge in [0.2, 0.25) is 0 Å². The van der Waals surface area contributed by atoms with Crippen molar-refractivity contribution in [3.05, 3.63) is 64.4 Å². The van der Waals surface area contributed by atoms with Crippen LogP contribution in [0.5, 0.6) is 5.75 Å². The third kappa shape index (κ3) is 7.78. The molecule has 4 heterocycles. The Bertz CT molecular complexity index is 1600. The van der Waals surface area contributed by atoms with Crippen molar-refractivity contribution in [1.82, 2.24) is 29.5 Å². The summed E-state index contributed by atoms with van der Waals surface area (Å²) in [7, 11) is 1.78. The first-order valence-electron chi connectivity index (χ1n) is 15.4. The number of hydrogen-bond acceptors (Lipinski definition) is 9. The third-order valence-electron chi connectivity index (χ3n) is 7.96. The van der Waals surface area contributed by atoms with Gasteiger partial charge < -0.3 is 19.7 Å². The van der Waals surface area contributed by atoms with E-state index in [0.717, 1.165) is 11.3 Å². The van der Waals surface area contributed by atoms with Crippen LogP contribution in [0, 0.1) is 25.2 Å². The van der Waals surface area contributed by atoms with Crippen LogP contribution >= 0.6 is 0 Å². The molecule has 3 aromatic heterocycles. The zero-order chi connectivity index (χ0) is 32.5. The number of carbonyl (C=O) groups excluding carboxylic acids is 2. The summed E-state index contributed by atoms with van der Waals surface area (Å²) < 4.78 is 13.8. The number of hydrogen-bond donors (Lipinski definition) is 1. The average molecular weight is 615 g/mol. The van der Waals surface area contributed by atoms with Crippen molar-refractivity contribution in [2.45, 2.75) is 78.0 Å². The number of ether oxygens (including phenoxy) is 2. The number of rotatable bonds is 8. The lowest BCUT2D eigenvalue weighted by molar-refractivity contribution is -0.00318. The molecule has 2 aliphatic rings. The van der Waals surface area contributed by atoms with Gasteiger partial charge in [-0.05, 0) is 83.6 Å². The van der Waals surface area contributed by atoms with Crippen molar-refractivity contribution in [2.24, 2.45) is 7.05 Å². The van der Waals surface area contributed by atoms with Gasteiger partial charge in [0.15, 0.2) is 23.4 Å². The molecule has 1 saturated carbocycles. The monoisotopic (exact) mass is 614 g/mol. The Morgan fingerprint density at radius 3 is 2.51 bits per heavy atom. The Hall–Kier alpha value is -4.50. The summed E-state index contributed by atoms with van der Waals surface area (Å²) in [6.45, 7) is 13.4. The van der Waals surface area contributed by atoms with E-state index in [2.05, 4.69) is 32.4 Å². The van der Waals surface area contributed by atoms with Crippen LogP contribution in [-0.2, 0) is 11.8 Å². The highest BCUT2D eigenvalue weighted by Gasteiger charge is 2.33. The standard InChI is InChI=1S/C33H42N8O4/c1-20-14-27(26(15-34)36-29(20)31(42)37-30-21(2)17-39(7)38-30)44-28(25-11-10-24(16-35-25)23-8-9-23)19-40-12-13-41(22(3)18-40)32(43)45-33(4,5)6/h10-11,14,16-17,22-23,28H,8-9,12-13,18-19H2,1-7H3,(H,37,38,42)/t22-,28-/m1/s1. The Kier molecular flexibility index (Phi) is 9.11. The number of carbonyl (C=O) groups is 2. The van der Waals surface area contributed by atoms with E-state index in [1.54, 1.807) is 35.8 Å². The molecule has 45 heavy (non-hydrogen) atoms. The molecule has 238 valence electrons. The second kappa shape index (κ2) is 12.9. The number of aromatic nitrogens is 4. The number of anilines is 1. The zero-order valence-corrected chi connectivity index (χ0v) is 27.1. The van der Waals surface area contributed by atoms with Gasteiger partial charge in [-0.15, -0.1) is 0 Å². The molecule has 0 radical (unpaired) electrons. The van der Waals surface area contributed by atoms with E-state index in [0.29, 0.717) is 43.5 Å². The van der Waals surface area contributed by atoms with Crippen LogP contribution in [0.4, 0.5) is 10.6 Å². The number of piperazine rings is 1. The lowest BCUT2D eigenvalue weighted by Gasteiger charge is -2.41. The van der Waals surface area contributed by atoms with Gasteiger partial charge in [0.25, 0.3) is 5.91 Å². The second-order valence-corrected chi connectivity index (χ2v) is 13.1. The maximum atomic E-state index is 13.1. The van der Waals surface area contributed by atoms with E-state index in [1.165, 1.54) is 18.4 Å². The summed E-state index contributed by atoms with van der Waals surface area (Å²) in [6, 6.07) is 7.80. The Morgan fingerprint density at radius 1 is 1.18 bits per heavy atom. The Balaban J connectivity index is 1.36. The zero-order valence-electron chi connectivity index (χ0n) is 27.1. The van der Waals surface area contributed by atoms with E-state index in [4.69, 9.17) is 14.5 Å². The van der Waals surface area contributed by atoms with Crippen molar-refractivity contribution in [1.29, 1.82) is 5.26 Å². The number of amides is 2. The van der Waals surface area contributed by atoms with E-state index in [-0.39, 0.29) is 29.3 Å². The first kappa shape index (κ1) is 31.9. The van der Waals surface area contributed by atoms with Crippen LogP contribution in [0.1, 0.15) is 91.1 Å². The second-order valence-electron chi connectivity index (χ2n) is 13.1. The molecule has 1 aliphatic heterocycles. The molecule has 1 N–H and O–H groups in total. The number of pyridine rings is 2. The molecule has 0 bridgehead atoms. The first-order valence-corrected chi connectivity index (χ1v) is 15.4. The van der Waals surface area contributed by atoms with E-state index in [9.17, 15) is 14.9 Å². The fourth-order valence-corrected chi connectivity index (χ4v) is 5.52. The molecule has 12 heteroatoms. The van der Waals surface area contributed by atoms with Crippen LogP contribution in [0.2, 0.25) is 0 Å². The maximum Gasteiger partial charge on any atom is 0.410 e. The molecule has 12 nitrogen and oxygen atoms in total. The molecular formula is C33H42N8O4. The normalized spacial score (nSPS) is 17.8. The molecule has 0 unspecified atom stereocenters. The summed E-state index contributed by atoms with van der Waals surface area (Å²) in [5.74, 6) is 0.824. The van der Waals surface area contributed by atoms with Gasteiger partial charge in [-0.1, -0.05) is 6.07 Å². The largest absolute Gasteiger partial charge is 0.480 e. The van der Waals surface area contributed by atoms with E-state index < -0.39 is 17.6 Å². The van der Waals surface area contributed by atoms with Gasteiger partial charge in [0.05, 0.1) is 5.69 Å². The van der Waals surface area contributed by atoms with Crippen LogP contribution in [0.25, 0.3) is 0 Å². The summed E-state index contributed by atoms with van der Waals surface area (Å²) >= 11 is 0. The van der Waals surface area contributed by atoms with Gasteiger partial charge in [0.1, 0.15) is 17.4 Å². The van der Waals surface area contributed by atoms with Gasteiger partial charge in [-0.25, -0.2) is 9.78 Å². The highest BCUT2D eigenvalue weighted by molar-refractivity contribution is 6.03. The topological polar surface area (TPSA) is 138 Å². The molecule has 1 aliphatic carbocycles. The first-order chi connectivity index (χ1) is 21.3. The molecule has 2 amide bonds. The summed E-state index contributed by atoms with van der Waals surface area (Å²) in [5.41, 5.74) is 2.88. The van der Waals surface area contributed by atoms with Crippen LogP contribution < -0.4 is 10.1 Å². The maximum absolute atomic E-state index is 13.1. The fraction of sp³-hybridized carbons (Fsp3) is 0.515. The lowest BCUT2D eigenvalue weighted by atomic mass is 10.1. The molecule has 5 rings (SSSR count). The number of aryl methyl sites for hydroxylation is 3. The van der Waals surface area contributed by atoms with Crippen LogP contribution in [0.15, 0.2) is 30.6 Å². The van der Waals surface area contributed by atoms with Crippen molar-refractivity contribution in [3.63, 3.8) is 0 Å². The van der Waals surface area contributed by atoms with Gasteiger partial charge in [0, 0.05) is 57.2 Å². The smallest absolute Gasteiger partial charge is 0.410 e. The highest BCUT2D eigenvalue weighted by atomic mass is 16.6. The summed E-state index contributed by atoms with van der Waals surface area (Å²) in [5, 5.41) is 17.1. The van der Waals surface area contributed by atoms with Crippen LogP contribution in [0.3, 0.4) is 0 Å². The minimum absolute atomic E-state index is 0.00575. The molecule has 2 atom stereocenters. The SMILES string of the molecule is Cc1cn(C)nc1NC(=O)c1nc(C#N)c(O[C@H](CN2CCN(C(=O)OC(C)(C)C)[C@H](C)C2)c2ccc(C3CC3)cn2)cc1C. The van der Waals surface area contributed by atoms with Gasteiger partial charge in [-0.2, -0.15) is 10.4 Å². The number of nitrogens with one attached hydrogen (secondary N) is 1. The van der Waals surface area contributed by atoms with Crippen molar-refractivity contribution in [3.8, 4) is 11.8 Å². The minimum Gasteiger partial charge on any atom is -0.480 e. The predicted molar refractivity (Wildman–Crippen MR) is 168 cm³/mol. The minimum atomic E-state index is -0.566. The quantitative estimate of drug-likeness (QED) is 0.376. The Morgan fingerprint density at radius 2 is 1.93 bits per heavy atom. The Labute approximate surface area is 264 Å². The fourth-order valence-electron chi connectivity index (χ4n) is 5.52. The number of nitriles is 1. The highest BCUT2D eigenvalue weighted by Crippen LogP contribution is 2.40. The lowest BCUT2D eigenvalue weighted by Crippen LogP contribution is -2.55. The van der Waals surface area contributed by atoms with Crippen molar-refractivity contribution in [2.75, 3.05) is 31.5 Å². The van der Waals surface area contributed by atoms with Gasteiger partial charge in [-0.3, -0.25) is 19.4 Å². The third-order valence-corrected chi connectivity index (χ3v) is 7.96. The van der Waals surface area contributed by atoms with E-state index in [1.807, 2.05) is 46.9 Å². The summed E-state index contributed by atoms with van der Waals surface area (Å²) in [6.07, 6.45) is 5.23. The molecule has 0 aromatic carbocycles. The summed E-state index contributed by atoms with van der Waals surface area (Å²) in [4.78, 5) is 39.1. The van der Waals surface area contributed by atoms with Gasteiger partial charge >= 0.3 is 6.09 Å². The van der Waals surface area contributed by atoms with Crippen molar-refractivity contribution >= 4 is 17.8 Å². The average Bonchev–Trinajstić information content (AvgIpc) is 3.76. The van der Waals surface area contributed by atoms with Crippen LogP contribution in [-0.4, -0.2) is 79.4 Å². The van der Waals surface area contributed by atoms with Crippen molar-refractivity contribution < 1.29 is 19.1 Å². The number of nitrogens with zero attached hydrogens (tertiary/aromatic N) is 7. The predicted octanol–water partition coefficient (Wildman–Crippen LogP) is 4.89. The van der Waals surface area contributed by atoms with E-state index >= 15 is 0 Å². The molecular weight excluding hydrogens is 572 g/mol. The molecule has 1 saturated heterocycles. The molecule has 3 aromatic rings. The molecule has 0 spiro atoms. The molecule has 2 fully saturated rings.